The first-order chi connectivity index (χ1) is 12.0. The number of carboxylic acid groups (broad SMARTS) is 1. The van der Waals surface area contributed by atoms with E-state index in [1.807, 2.05) is 17.9 Å². The van der Waals surface area contributed by atoms with Gasteiger partial charge >= 0.3 is 5.97 Å². The number of piperidine rings is 1. The number of aromatic amines is 1. The van der Waals surface area contributed by atoms with Crippen LogP contribution in [0.1, 0.15) is 41.9 Å². The Labute approximate surface area is 144 Å². The number of amides is 1. The summed E-state index contributed by atoms with van der Waals surface area (Å²) in [5.74, 6) is -1.21. The molecule has 8 heteroatoms. The highest BCUT2D eigenvalue weighted by molar-refractivity contribution is 5.94. The lowest BCUT2D eigenvalue weighted by Gasteiger charge is -2.37. The summed E-state index contributed by atoms with van der Waals surface area (Å²) in [5, 5.41) is 16.3. The zero-order valence-corrected chi connectivity index (χ0v) is 13.8. The van der Waals surface area contributed by atoms with Crippen molar-refractivity contribution in [2.24, 2.45) is 5.92 Å². The zero-order valence-electron chi connectivity index (χ0n) is 13.8. The second-order valence-corrected chi connectivity index (χ2v) is 6.82. The lowest BCUT2D eigenvalue weighted by molar-refractivity contribution is -0.144. The predicted octanol–water partition coefficient (Wildman–Crippen LogP) is 1.64. The number of carbonyl (C=O) groups excluding carboxylic acids is 1. The summed E-state index contributed by atoms with van der Waals surface area (Å²) in [6.45, 7) is 1.87. The number of carbonyl (C=O) groups is 2. The van der Waals surface area contributed by atoms with Gasteiger partial charge in [0.1, 0.15) is 17.7 Å². The van der Waals surface area contributed by atoms with Crippen LogP contribution in [0, 0.1) is 12.8 Å². The number of fused-ring (bicyclic) bond motifs is 2. The number of aliphatic carboxylic acids is 1. The number of aromatic nitrogens is 4. The topological polar surface area (TPSA) is 112 Å². The Hall–Kier alpha value is -2.77. The van der Waals surface area contributed by atoms with Crippen molar-refractivity contribution in [2.75, 3.05) is 0 Å². The van der Waals surface area contributed by atoms with Gasteiger partial charge in [-0.05, 0) is 44.7 Å². The third-order valence-electron chi connectivity index (χ3n) is 5.19. The van der Waals surface area contributed by atoms with Gasteiger partial charge in [0.05, 0.1) is 11.6 Å². The van der Waals surface area contributed by atoms with Gasteiger partial charge in [-0.3, -0.25) is 14.7 Å². The fraction of sp³-hybridized carbons (Fsp3) is 0.471. The van der Waals surface area contributed by atoms with Crippen LogP contribution in [0.15, 0.2) is 18.5 Å². The molecule has 0 spiro atoms. The average Bonchev–Trinajstić information content (AvgIpc) is 3.17. The molecule has 130 valence electrons. The summed E-state index contributed by atoms with van der Waals surface area (Å²) in [6.07, 6.45) is 4.27. The molecule has 3 atom stereocenters. The minimum atomic E-state index is -0.757. The minimum Gasteiger partial charge on any atom is -0.481 e. The maximum atomic E-state index is 12.9. The third-order valence-corrected chi connectivity index (χ3v) is 5.19. The smallest absolute Gasteiger partial charge is 0.306 e. The predicted molar refractivity (Wildman–Crippen MR) is 87.7 cm³/mol. The van der Waals surface area contributed by atoms with Crippen molar-refractivity contribution in [1.82, 2.24) is 25.1 Å². The van der Waals surface area contributed by atoms with Gasteiger partial charge in [-0.15, -0.1) is 0 Å². The van der Waals surface area contributed by atoms with E-state index < -0.39 is 5.97 Å². The van der Waals surface area contributed by atoms with E-state index >= 15 is 0 Å². The van der Waals surface area contributed by atoms with Gasteiger partial charge in [0, 0.05) is 17.8 Å². The number of aryl methyl sites for hydroxylation is 1. The van der Waals surface area contributed by atoms with E-state index in [0.29, 0.717) is 29.9 Å². The molecule has 0 radical (unpaired) electrons. The van der Waals surface area contributed by atoms with Crippen LogP contribution in [0.2, 0.25) is 0 Å². The van der Waals surface area contributed by atoms with Crippen LogP contribution in [0.4, 0.5) is 0 Å². The first kappa shape index (κ1) is 15.7. The average molecular weight is 341 g/mol. The molecule has 0 aliphatic carbocycles. The van der Waals surface area contributed by atoms with E-state index in [1.165, 1.54) is 6.33 Å². The summed E-state index contributed by atoms with van der Waals surface area (Å²) in [6, 6.07) is 3.51. The molecule has 25 heavy (non-hydrogen) atoms. The van der Waals surface area contributed by atoms with Gasteiger partial charge in [-0.2, -0.15) is 5.10 Å². The van der Waals surface area contributed by atoms with Crippen LogP contribution >= 0.6 is 0 Å². The molecule has 2 aliphatic heterocycles. The molecule has 0 saturated carbocycles. The van der Waals surface area contributed by atoms with Crippen molar-refractivity contribution in [1.29, 1.82) is 0 Å². The van der Waals surface area contributed by atoms with Crippen LogP contribution in [0.25, 0.3) is 11.4 Å². The molecule has 1 amide bonds. The molecule has 4 heterocycles. The van der Waals surface area contributed by atoms with Crippen LogP contribution in [-0.4, -0.2) is 54.1 Å². The molecule has 2 saturated heterocycles. The fourth-order valence-electron chi connectivity index (χ4n) is 4.01. The molecular formula is C17H19N5O3. The molecule has 2 N–H and O–H groups in total. The van der Waals surface area contributed by atoms with Gasteiger partial charge in [0.15, 0.2) is 0 Å². The molecule has 2 aromatic rings. The van der Waals surface area contributed by atoms with Crippen LogP contribution in [0.5, 0.6) is 0 Å². The van der Waals surface area contributed by atoms with E-state index in [4.69, 9.17) is 0 Å². The monoisotopic (exact) mass is 341 g/mol. The van der Waals surface area contributed by atoms with Crippen molar-refractivity contribution >= 4 is 11.9 Å². The number of carboxylic acids is 1. The fourth-order valence-corrected chi connectivity index (χ4v) is 4.01. The Kier molecular flexibility index (Phi) is 3.74. The molecule has 2 bridgehead atoms. The van der Waals surface area contributed by atoms with Gasteiger partial charge in [-0.1, -0.05) is 0 Å². The van der Waals surface area contributed by atoms with E-state index in [9.17, 15) is 14.7 Å². The van der Waals surface area contributed by atoms with Crippen molar-refractivity contribution in [3.8, 4) is 11.4 Å². The highest BCUT2D eigenvalue weighted by Gasteiger charge is 2.45. The Bertz CT molecular complexity index is 819. The molecule has 0 aromatic carbocycles. The van der Waals surface area contributed by atoms with E-state index in [1.54, 1.807) is 6.07 Å². The second-order valence-electron chi connectivity index (χ2n) is 6.82. The molecular weight excluding hydrogens is 322 g/mol. The summed E-state index contributed by atoms with van der Waals surface area (Å²) < 4.78 is 0. The first-order valence-electron chi connectivity index (χ1n) is 8.43. The van der Waals surface area contributed by atoms with E-state index in [0.717, 1.165) is 18.5 Å². The number of nitrogens with zero attached hydrogens (tertiary/aromatic N) is 4. The quantitative estimate of drug-likeness (QED) is 0.878. The van der Waals surface area contributed by atoms with Crippen molar-refractivity contribution in [2.45, 2.75) is 44.7 Å². The van der Waals surface area contributed by atoms with E-state index in [2.05, 4.69) is 20.2 Å². The van der Waals surface area contributed by atoms with Crippen LogP contribution < -0.4 is 0 Å². The third kappa shape index (κ3) is 2.77. The Morgan fingerprint density at radius 1 is 1.16 bits per heavy atom. The Morgan fingerprint density at radius 2 is 1.88 bits per heavy atom. The Balaban J connectivity index is 1.56. The lowest BCUT2D eigenvalue weighted by Crippen LogP contribution is -2.48. The van der Waals surface area contributed by atoms with Gasteiger partial charge in [-0.25, -0.2) is 9.97 Å². The van der Waals surface area contributed by atoms with Crippen molar-refractivity contribution in [3.63, 3.8) is 0 Å². The SMILES string of the molecule is Cc1cc(-c2cc(C(=O)N3[C@@H]4CC[C@H]3CC(C(=O)O)C4)[nH]n2)ncn1. The second kappa shape index (κ2) is 5.94. The summed E-state index contributed by atoms with van der Waals surface area (Å²) in [4.78, 5) is 34.3. The number of H-pyrrole nitrogens is 1. The normalized spacial score (nSPS) is 25.2. The molecule has 2 fully saturated rings. The van der Waals surface area contributed by atoms with Gasteiger partial charge in [0.2, 0.25) is 0 Å². The molecule has 4 rings (SSSR count). The highest BCUT2D eigenvalue weighted by Crippen LogP contribution is 2.39. The molecule has 2 aliphatic rings. The lowest BCUT2D eigenvalue weighted by atomic mass is 9.90. The van der Waals surface area contributed by atoms with Gasteiger partial charge < -0.3 is 10.0 Å². The number of hydrogen-bond donors (Lipinski definition) is 2. The molecule has 1 unspecified atom stereocenters. The summed E-state index contributed by atoms with van der Waals surface area (Å²) in [5.41, 5.74) is 2.50. The number of nitrogens with one attached hydrogen (secondary N) is 1. The Morgan fingerprint density at radius 3 is 2.52 bits per heavy atom. The van der Waals surface area contributed by atoms with Gasteiger partial charge in [0.25, 0.3) is 5.91 Å². The van der Waals surface area contributed by atoms with Crippen LogP contribution in [0.3, 0.4) is 0 Å². The van der Waals surface area contributed by atoms with Crippen molar-refractivity contribution in [3.05, 3.63) is 29.8 Å². The highest BCUT2D eigenvalue weighted by atomic mass is 16.4. The molecule has 8 nitrogen and oxygen atoms in total. The first-order valence-corrected chi connectivity index (χ1v) is 8.43. The zero-order chi connectivity index (χ0) is 17.6. The summed E-state index contributed by atoms with van der Waals surface area (Å²) >= 11 is 0. The van der Waals surface area contributed by atoms with E-state index in [-0.39, 0.29) is 23.9 Å². The minimum absolute atomic E-state index is 0.000365. The van der Waals surface area contributed by atoms with Crippen LogP contribution in [-0.2, 0) is 4.79 Å². The molecule has 2 aromatic heterocycles. The number of hydrogen-bond acceptors (Lipinski definition) is 5. The van der Waals surface area contributed by atoms with Crippen molar-refractivity contribution < 1.29 is 14.7 Å². The summed E-state index contributed by atoms with van der Waals surface area (Å²) in [7, 11) is 0. The number of rotatable bonds is 3. The maximum absolute atomic E-state index is 12.9. The maximum Gasteiger partial charge on any atom is 0.306 e. The standard InChI is InChI=1S/C17H19N5O3/c1-9-4-13(19-8-18-9)14-7-15(21-20-14)16(23)22-11-2-3-12(22)6-10(5-11)17(24)25/h4,7-8,10-12H,2-3,5-6H2,1H3,(H,20,21)(H,24,25)/t10?,11-,12+. The largest absolute Gasteiger partial charge is 0.481 e.